The summed E-state index contributed by atoms with van der Waals surface area (Å²) in [4.78, 5) is 4.47. The van der Waals surface area contributed by atoms with Crippen LogP contribution in [0.25, 0.3) is 22.4 Å². The number of benzene rings is 2. The smallest absolute Gasteiger partial charge is 0.169 e. The van der Waals surface area contributed by atoms with Crippen LogP contribution < -0.4 is 5.73 Å². The first-order chi connectivity index (χ1) is 10.2. The second kappa shape index (κ2) is 5.26. The minimum atomic E-state index is -0.874. The quantitative estimate of drug-likeness (QED) is 0.801. The van der Waals surface area contributed by atoms with Gasteiger partial charge in [0.2, 0.25) is 0 Å². The van der Waals surface area contributed by atoms with E-state index in [1.54, 1.807) is 0 Å². The van der Waals surface area contributed by atoms with Crippen molar-refractivity contribution in [1.82, 2.24) is 9.55 Å². The standard InChI is InChI=1S/C16H15F2N3/c1-2-21-14-7-6-10(9-19)8-13(14)20-16(21)11-4-3-5-12(17)15(11)18/h3-8H,2,9,19H2,1H3. The van der Waals surface area contributed by atoms with Crippen LogP contribution in [0.5, 0.6) is 0 Å². The molecule has 0 bridgehead atoms. The highest BCUT2D eigenvalue weighted by Crippen LogP contribution is 2.28. The first kappa shape index (κ1) is 13.7. The molecule has 0 aliphatic heterocycles. The van der Waals surface area contributed by atoms with E-state index < -0.39 is 11.6 Å². The molecule has 0 fully saturated rings. The average molecular weight is 287 g/mol. The second-order valence-corrected chi connectivity index (χ2v) is 4.81. The molecular weight excluding hydrogens is 272 g/mol. The lowest BCUT2D eigenvalue weighted by Gasteiger charge is -2.07. The number of nitrogens with zero attached hydrogens (tertiary/aromatic N) is 2. The van der Waals surface area contributed by atoms with Gasteiger partial charge in [-0.25, -0.2) is 13.8 Å². The normalized spacial score (nSPS) is 11.2. The van der Waals surface area contributed by atoms with Gasteiger partial charge in [0.05, 0.1) is 16.6 Å². The topological polar surface area (TPSA) is 43.8 Å². The van der Waals surface area contributed by atoms with Crippen LogP contribution in [0.3, 0.4) is 0 Å². The summed E-state index contributed by atoms with van der Waals surface area (Å²) in [7, 11) is 0. The van der Waals surface area contributed by atoms with Gasteiger partial charge in [-0.15, -0.1) is 0 Å². The third kappa shape index (κ3) is 2.19. The molecule has 0 atom stereocenters. The van der Waals surface area contributed by atoms with E-state index >= 15 is 0 Å². The fourth-order valence-corrected chi connectivity index (χ4v) is 2.50. The first-order valence-corrected chi connectivity index (χ1v) is 6.79. The molecule has 3 aromatic rings. The Labute approximate surface area is 121 Å². The molecule has 0 saturated heterocycles. The molecule has 0 saturated carbocycles. The summed E-state index contributed by atoms with van der Waals surface area (Å²) in [6.45, 7) is 2.97. The Morgan fingerprint density at radius 3 is 2.71 bits per heavy atom. The lowest BCUT2D eigenvalue weighted by Crippen LogP contribution is -2.00. The van der Waals surface area contributed by atoms with E-state index in [4.69, 9.17) is 5.73 Å². The molecule has 2 N–H and O–H groups in total. The molecule has 0 radical (unpaired) electrons. The van der Waals surface area contributed by atoms with Crippen molar-refractivity contribution in [3.63, 3.8) is 0 Å². The number of hydrogen-bond acceptors (Lipinski definition) is 2. The van der Waals surface area contributed by atoms with Crippen LogP contribution in [-0.2, 0) is 13.1 Å². The number of imidazole rings is 1. The maximum atomic E-state index is 14.0. The molecule has 0 aliphatic carbocycles. The molecule has 21 heavy (non-hydrogen) atoms. The predicted octanol–water partition coefficient (Wildman–Crippen LogP) is 3.46. The Hall–Kier alpha value is -2.27. The van der Waals surface area contributed by atoms with Crippen LogP contribution in [0.4, 0.5) is 8.78 Å². The first-order valence-electron chi connectivity index (χ1n) is 6.79. The predicted molar refractivity (Wildman–Crippen MR) is 78.7 cm³/mol. The van der Waals surface area contributed by atoms with Crippen molar-refractivity contribution in [3.05, 3.63) is 53.6 Å². The highest BCUT2D eigenvalue weighted by atomic mass is 19.2. The number of aromatic nitrogens is 2. The van der Waals surface area contributed by atoms with Gasteiger partial charge in [-0.05, 0) is 36.8 Å². The molecule has 3 rings (SSSR count). The van der Waals surface area contributed by atoms with Gasteiger partial charge in [-0.3, -0.25) is 0 Å². The van der Waals surface area contributed by atoms with E-state index in [2.05, 4.69) is 4.98 Å². The minimum Gasteiger partial charge on any atom is -0.326 e. The lowest BCUT2D eigenvalue weighted by atomic mass is 10.2. The Bertz CT molecular complexity index is 809. The number of fused-ring (bicyclic) bond motifs is 1. The number of halogens is 2. The third-order valence-electron chi connectivity index (χ3n) is 3.56. The molecule has 0 unspecified atom stereocenters. The van der Waals surface area contributed by atoms with Crippen molar-refractivity contribution in [2.75, 3.05) is 0 Å². The summed E-state index contributed by atoms with van der Waals surface area (Å²) in [5.74, 6) is -1.31. The number of rotatable bonds is 3. The van der Waals surface area contributed by atoms with Crippen LogP contribution in [0.2, 0.25) is 0 Å². The Morgan fingerprint density at radius 2 is 2.00 bits per heavy atom. The summed E-state index contributed by atoms with van der Waals surface area (Å²) in [6, 6.07) is 9.83. The van der Waals surface area contributed by atoms with Gasteiger partial charge in [0, 0.05) is 13.1 Å². The van der Waals surface area contributed by atoms with Gasteiger partial charge >= 0.3 is 0 Å². The van der Waals surface area contributed by atoms with Crippen molar-refractivity contribution in [3.8, 4) is 11.4 Å². The maximum Gasteiger partial charge on any atom is 0.169 e. The molecule has 108 valence electrons. The van der Waals surface area contributed by atoms with E-state index in [9.17, 15) is 8.78 Å². The van der Waals surface area contributed by atoms with Gasteiger partial charge in [0.25, 0.3) is 0 Å². The molecule has 1 aromatic heterocycles. The van der Waals surface area contributed by atoms with Crippen molar-refractivity contribution in [2.45, 2.75) is 20.0 Å². The van der Waals surface area contributed by atoms with E-state index in [0.717, 1.165) is 22.7 Å². The van der Waals surface area contributed by atoms with Crippen LogP contribution in [0, 0.1) is 11.6 Å². The largest absolute Gasteiger partial charge is 0.326 e. The van der Waals surface area contributed by atoms with Crippen LogP contribution >= 0.6 is 0 Å². The zero-order valence-corrected chi connectivity index (χ0v) is 11.6. The van der Waals surface area contributed by atoms with Crippen molar-refractivity contribution in [1.29, 1.82) is 0 Å². The fourth-order valence-electron chi connectivity index (χ4n) is 2.50. The molecule has 0 aliphatic rings. The highest BCUT2D eigenvalue weighted by Gasteiger charge is 2.17. The van der Waals surface area contributed by atoms with E-state index in [-0.39, 0.29) is 5.56 Å². The molecule has 0 amide bonds. The zero-order chi connectivity index (χ0) is 15.0. The van der Waals surface area contributed by atoms with Gasteiger partial charge < -0.3 is 10.3 Å². The third-order valence-corrected chi connectivity index (χ3v) is 3.56. The molecule has 5 heteroatoms. The second-order valence-electron chi connectivity index (χ2n) is 4.81. The van der Waals surface area contributed by atoms with Crippen molar-refractivity contribution in [2.24, 2.45) is 5.73 Å². The van der Waals surface area contributed by atoms with Crippen LogP contribution in [-0.4, -0.2) is 9.55 Å². The van der Waals surface area contributed by atoms with Crippen molar-refractivity contribution >= 4 is 11.0 Å². The van der Waals surface area contributed by atoms with Gasteiger partial charge in [0.15, 0.2) is 11.6 Å². The highest BCUT2D eigenvalue weighted by molar-refractivity contribution is 5.81. The molecule has 2 aromatic carbocycles. The maximum absolute atomic E-state index is 14.0. The SMILES string of the molecule is CCn1c(-c2cccc(F)c2F)nc2cc(CN)ccc21. The minimum absolute atomic E-state index is 0.169. The van der Waals surface area contributed by atoms with Gasteiger partial charge in [-0.1, -0.05) is 12.1 Å². The molecule has 0 spiro atoms. The summed E-state index contributed by atoms with van der Waals surface area (Å²) in [5.41, 5.74) is 8.37. The molecular formula is C16H15F2N3. The van der Waals surface area contributed by atoms with Crippen LogP contribution in [0.15, 0.2) is 36.4 Å². The molecule has 1 heterocycles. The summed E-state index contributed by atoms with van der Waals surface area (Å²) in [5, 5.41) is 0. The van der Waals surface area contributed by atoms with Crippen LogP contribution in [0.1, 0.15) is 12.5 Å². The number of hydrogen-bond donors (Lipinski definition) is 1. The van der Waals surface area contributed by atoms with E-state index in [1.807, 2.05) is 29.7 Å². The summed E-state index contributed by atoms with van der Waals surface area (Å²) < 4.78 is 29.3. The lowest BCUT2D eigenvalue weighted by molar-refractivity contribution is 0.510. The average Bonchev–Trinajstić information content (AvgIpc) is 2.87. The van der Waals surface area contributed by atoms with Gasteiger partial charge in [0.1, 0.15) is 5.82 Å². The monoisotopic (exact) mass is 287 g/mol. The number of aryl methyl sites for hydroxylation is 1. The van der Waals surface area contributed by atoms with Crippen molar-refractivity contribution < 1.29 is 8.78 Å². The van der Waals surface area contributed by atoms with E-state index in [1.165, 1.54) is 12.1 Å². The summed E-state index contributed by atoms with van der Waals surface area (Å²) >= 11 is 0. The zero-order valence-electron chi connectivity index (χ0n) is 11.6. The van der Waals surface area contributed by atoms with E-state index in [0.29, 0.717) is 18.9 Å². The Morgan fingerprint density at radius 1 is 1.19 bits per heavy atom. The fraction of sp³-hybridized carbons (Fsp3) is 0.188. The summed E-state index contributed by atoms with van der Waals surface area (Å²) in [6.07, 6.45) is 0. The van der Waals surface area contributed by atoms with Gasteiger partial charge in [-0.2, -0.15) is 0 Å². The molecule has 3 nitrogen and oxygen atoms in total. The number of nitrogens with two attached hydrogens (primary N) is 1. The Balaban J connectivity index is 2.29. The Kier molecular flexibility index (Phi) is 3.43.